The Labute approximate surface area is 174 Å². The maximum atomic E-state index is 12.4. The van der Waals surface area contributed by atoms with Crippen LogP contribution in [0.3, 0.4) is 0 Å². The molecular formula is C21H35N7O. The van der Waals surface area contributed by atoms with Crippen molar-refractivity contribution >= 4 is 12.0 Å². The number of rotatable bonds is 6. The molecule has 0 unspecified atom stereocenters. The van der Waals surface area contributed by atoms with Crippen LogP contribution in [-0.4, -0.2) is 102 Å². The highest BCUT2D eigenvalue weighted by molar-refractivity contribution is 5.74. The molecule has 1 aromatic rings. The predicted octanol–water partition coefficient (Wildman–Crippen LogP) is 1.26. The van der Waals surface area contributed by atoms with E-state index in [2.05, 4.69) is 30.0 Å². The normalized spacial score (nSPS) is 22.2. The molecule has 0 aromatic carbocycles. The lowest BCUT2D eigenvalue weighted by molar-refractivity contribution is 0.109. The standard InChI is InChI=1S/C21H35N7O/c29-21(28-17-15-26(16-18-28)19-5-1-2-6-19)24-9-4-10-25-11-13-27(14-12-25)20-22-7-3-8-23-20/h3,7-8,19H,1-2,4-6,9-18H2,(H,24,29). The molecule has 2 aliphatic heterocycles. The minimum atomic E-state index is 0.113. The van der Waals surface area contributed by atoms with Crippen molar-refractivity contribution < 1.29 is 4.79 Å². The maximum Gasteiger partial charge on any atom is 0.317 e. The first-order valence-electron chi connectivity index (χ1n) is 11.3. The topological polar surface area (TPSA) is 67.8 Å². The first-order valence-corrected chi connectivity index (χ1v) is 11.3. The highest BCUT2D eigenvalue weighted by atomic mass is 16.2. The molecule has 2 amide bonds. The molecule has 2 saturated heterocycles. The number of carbonyl (C=O) groups is 1. The van der Waals surface area contributed by atoms with Crippen LogP contribution < -0.4 is 10.2 Å². The zero-order valence-electron chi connectivity index (χ0n) is 17.5. The van der Waals surface area contributed by atoms with Crippen molar-refractivity contribution in [2.45, 2.75) is 38.1 Å². The summed E-state index contributed by atoms with van der Waals surface area (Å²) in [4.78, 5) is 30.4. The zero-order valence-corrected chi connectivity index (χ0v) is 17.5. The Kier molecular flexibility index (Phi) is 7.16. The van der Waals surface area contributed by atoms with Crippen molar-refractivity contribution in [3.8, 4) is 0 Å². The molecule has 0 radical (unpaired) electrons. The summed E-state index contributed by atoms with van der Waals surface area (Å²) in [7, 11) is 0. The van der Waals surface area contributed by atoms with Gasteiger partial charge in [-0.05, 0) is 31.9 Å². The number of aromatic nitrogens is 2. The van der Waals surface area contributed by atoms with Crippen LogP contribution >= 0.6 is 0 Å². The number of hydrogen-bond acceptors (Lipinski definition) is 6. The van der Waals surface area contributed by atoms with Gasteiger partial charge in [0.25, 0.3) is 0 Å². The summed E-state index contributed by atoms with van der Waals surface area (Å²) < 4.78 is 0. The van der Waals surface area contributed by atoms with Gasteiger partial charge in [0, 0.05) is 77.3 Å². The molecule has 0 bridgehead atoms. The average Bonchev–Trinajstić information content (AvgIpc) is 3.33. The Bertz CT molecular complexity index is 621. The van der Waals surface area contributed by atoms with Crippen molar-refractivity contribution in [1.29, 1.82) is 0 Å². The van der Waals surface area contributed by atoms with Crippen molar-refractivity contribution in [3.05, 3.63) is 18.5 Å². The van der Waals surface area contributed by atoms with E-state index in [0.717, 1.165) is 83.9 Å². The van der Waals surface area contributed by atoms with Gasteiger partial charge in [0.15, 0.2) is 0 Å². The van der Waals surface area contributed by atoms with E-state index in [4.69, 9.17) is 0 Å². The highest BCUT2D eigenvalue weighted by Gasteiger charge is 2.27. The van der Waals surface area contributed by atoms with E-state index in [1.165, 1.54) is 25.7 Å². The Morgan fingerprint density at radius 1 is 0.966 bits per heavy atom. The molecule has 8 heteroatoms. The third kappa shape index (κ3) is 5.57. The van der Waals surface area contributed by atoms with Gasteiger partial charge in [-0.25, -0.2) is 14.8 Å². The van der Waals surface area contributed by atoms with Gasteiger partial charge in [-0.3, -0.25) is 9.80 Å². The van der Waals surface area contributed by atoms with E-state index in [-0.39, 0.29) is 6.03 Å². The van der Waals surface area contributed by atoms with E-state index < -0.39 is 0 Å². The zero-order chi connectivity index (χ0) is 19.9. The van der Waals surface area contributed by atoms with Crippen LogP contribution in [-0.2, 0) is 0 Å². The van der Waals surface area contributed by atoms with Gasteiger partial charge in [0.1, 0.15) is 0 Å². The summed E-state index contributed by atoms with van der Waals surface area (Å²) in [5.74, 6) is 0.826. The molecule has 3 fully saturated rings. The van der Waals surface area contributed by atoms with Crippen molar-refractivity contribution in [3.63, 3.8) is 0 Å². The molecule has 0 spiro atoms. The Morgan fingerprint density at radius 3 is 2.34 bits per heavy atom. The first kappa shape index (κ1) is 20.3. The molecule has 1 saturated carbocycles. The number of nitrogens with zero attached hydrogens (tertiary/aromatic N) is 6. The van der Waals surface area contributed by atoms with E-state index in [1.807, 2.05) is 11.0 Å². The van der Waals surface area contributed by atoms with Crippen molar-refractivity contribution in [2.75, 3.05) is 70.3 Å². The van der Waals surface area contributed by atoms with Gasteiger partial charge in [-0.15, -0.1) is 0 Å². The largest absolute Gasteiger partial charge is 0.338 e. The second-order valence-electron chi connectivity index (χ2n) is 8.42. The van der Waals surface area contributed by atoms with E-state index in [1.54, 1.807) is 12.4 Å². The Balaban J connectivity index is 1.07. The number of amides is 2. The first-order chi connectivity index (χ1) is 14.3. The molecule has 4 rings (SSSR count). The van der Waals surface area contributed by atoms with E-state index >= 15 is 0 Å². The van der Waals surface area contributed by atoms with Crippen LogP contribution in [0.5, 0.6) is 0 Å². The molecule has 1 aromatic heterocycles. The summed E-state index contributed by atoms with van der Waals surface area (Å²) in [6.07, 6.45) is 10.0. The molecule has 1 aliphatic carbocycles. The molecule has 1 N–H and O–H groups in total. The van der Waals surface area contributed by atoms with Crippen LogP contribution in [0.15, 0.2) is 18.5 Å². The van der Waals surface area contributed by atoms with Gasteiger partial charge >= 0.3 is 6.03 Å². The number of anilines is 1. The van der Waals surface area contributed by atoms with Gasteiger partial charge in [0.05, 0.1) is 0 Å². The number of piperazine rings is 2. The molecule has 29 heavy (non-hydrogen) atoms. The van der Waals surface area contributed by atoms with Gasteiger partial charge in [-0.1, -0.05) is 12.8 Å². The van der Waals surface area contributed by atoms with Gasteiger partial charge in [-0.2, -0.15) is 0 Å². The highest BCUT2D eigenvalue weighted by Crippen LogP contribution is 2.24. The van der Waals surface area contributed by atoms with E-state index in [9.17, 15) is 4.79 Å². The fraction of sp³-hybridized carbons (Fsp3) is 0.762. The fourth-order valence-corrected chi connectivity index (χ4v) is 4.80. The minimum Gasteiger partial charge on any atom is -0.338 e. The van der Waals surface area contributed by atoms with Crippen LogP contribution in [0.1, 0.15) is 32.1 Å². The molecule has 0 atom stereocenters. The van der Waals surface area contributed by atoms with Crippen molar-refractivity contribution in [1.82, 2.24) is 30.0 Å². The summed E-state index contributed by atoms with van der Waals surface area (Å²) in [5, 5.41) is 3.12. The molecule has 8 nitrogen and oxygen atoms in total. The Morgan fingerprint density at radius 2 is 1.66 bits per heavy atom. The van der Waals surface area contributed by atoms with Crippen LogP contribution in [0.2, 0.25) is 0 Å². The van der Waals surface area contributed by atoms with Gasteiger partial charge < -0.3 is 15.1 Å². The predicted molar refractivity (Wildman–Crippen MR) is 114 cm³/mol. The van der Waals surface area contributed by atoms with Crippen LogP contribution in [0, 0.1) is 0 Å². The lowest BCUT2D eigenvalue weighted by Gasteiger charge is -2.38. The quantitative estimate of drug-likeness (QED) is 0.724. The van der Waals surface area contributed by atoms with E-state index in [0.29, 0.717) is 0 Å². The van der Waals surface area contributed by atoms with Crippen LogP contribution in [0.25, 0.3) is 0 Å². The maximum absolute atomic E-state index is 12.4. The lowest BCUT2D eigenvalue weighted by atomic mass is 10.2. The number of nitrogens with one attached hydrogen (secondary N) is 1. The third-order valence-corrected chi connectivity index (χ3v) is 6.58. The minimum absolute atomic E-state index is 0.113. The third-order valence-electron chi connectivity index (χ3n) is 6.58. The second-order valence-corrected chi connectivity index (χ2v) is 8.42. The summed E-state index contributed by atoms with van der Waals surface area (Å²) in [6.45, 7) is 9.55. The molecular weight excluding hydrogens is 366 g/mol. The fourth-order valence-electron chi connectivity index (χ4n) is 4.80. The summed E-state index contributed by atoms with van der Waals surface area (Å²) in [5.41, 5.74) is 0. The average molecular weight is 402 g/mol. The molecule has 160 valence electrons. The monoisotopic (exact) mass is 401 g/mol. The lowest BCUT2D eigenvalue weighted by Crippen LogP contribution is -2.54. The second kappa shape index (κ2) is 10.2. The molecule has 3 aliphatic rings. The number of hydrogen-bond donors (Lipinski definition) is 1. The smallest absolute Gasteiger partial charge is 0.317 e. The van der Waals surface area contributed by atoms with Crippen molar-refractivity contribution in [2.24, 2.45) is 0 Å². The molecule has 3 heterocycles. The number of carbonyl (C=O) groups excluding carboxylic acids is 1. The SMILES string of the molecule is O=C(NCCCN1CCN(c2ncccn2)CC1)N1CCN(C2CCCC2)CC1. The Hall–Kier alpha value is -1.93. The number of urea groups is 1. The van der Waals surface area contributed by atoms with Gasteiger partial charge in [0.2, 0.25) is 5.95 Å². The van der Waals surface area contributed by atoms with Crippen LogP contribution in [0.4, 0.5) is 10.7 Å². The summed E-state index contributed by atoms with van der Waals surface area (Å²) >= 11 is 0. The summed E-state index contributed by atoms with van der Waals surface area (Å²) in [6, 6.07) is 2.74.